The quantitative estimate of drug-likeness (QED) is 0.899. The van der Waals surface area contributed by atoms with Crippen molar-refractivity contribution in [3.05, 3.63) is 39.8 Å². The molecule has 2 saturated heterocycles. The molecule has 122 valence electrons. The third-order valence-corrected chi connectivity index (χ3v) is 5.40. The zero-order chi connectivity index (χ0) is 15.8. The molecular formula is C18H24N4O. The van der Waals surface area contributed by atoms with Gasteiger partial charge in [0.05, 0.1) is 11.0 Å². The Kier molecular flexibility index (Phi) is 3.91. The number of rotatable bonds is 4. The first-order valence-corrected chi connectivity index (χ1v) is 8.67. The first kappa shape index (κ1) is 14.8. The van der Waals surface area contributed by atoms with Gasteiger partial charge in [0, 0.05) is 24.8 Å². The van der Waals surface area contributed by atoms with Gasteiger partial charge in [-0.1, -0.05) is 6.92 Å². The fraction of sp³-hybridized carbons (Fsp3) is 0.556. The average Bonchev–Trinajstić information content (AvgIpc) is 2.92. The first-order chi connectivity index (χ1) is 11.2. The van der Waals surface area contributed by atoms with Gasteiger partial charge in [-0.25, -0.2) is 0 Å². The standard InChI is InChI=1S/C18H24N4O/c1-2-13-6-16-17(21-18(13)23)5-12(7-20-16)10-22-4-3-14(11-22)15-8-19-9-15/h5-7,14-15,19H,2-4,8-11H2,1H3,(H,21,23). The van der Waals surface area contributed by atoms with Gasteiger partial charge in [-0.05, 0) is 62.0 Å². The molecule has 0 spiro atoms. The van der Waals surface area contributed by atoms with Crippen LogP contribution in [-0.2, 0) is 13.0 Å². The molecule has 2 aromatic rings. The second kappa shape index (κ2) is 6.06. The predicted molar refractivity (Wildman–Crippen MR) is 91.5 cm³/mol. The Hall–Kier alpha value is -1.72. The molecule has 2 aliphatic heterocycles. The van der Waals surface area contributed by atoms with Gasteiger partial charge in [0.15, 0.2) is 0 Å². The number of hydrogen-bond acceptors (Lipinski definition) is 4. The van der Waals surface area contributed by atoms with Crippen molar-refractivity contribution in [1.29, 1.82) is 0 Å². The first-order valence-electron chi connectivity index (χ1n) is 8.67. The molecule has 0 amide bonds. The smallest absolute Gasteiger partial charge is 0.251 e. The highest BCUT2D eigenvalue weighted by molar-refractivity contribution is 5.74. The van der Waals surface area contributed by atoms with E-state index in [-0.39, 0.29) is 5.56 Å². The van der Waals surface area contributed by atoms with E-state index in [1.165, 1.54) is 38.2 Å². The molecule has 2 aliphatic rings. The van der Waals surface area contributed by atoms with Gasteiger partial charge < -0.3 is 10.3 Å². The van der Waals surface area contributed by atoms with Gasteiger partial charge in [0.25, 0.3) is 5.56 Å². The summed E-state index contributed by atoms with van der Waals surface area (Å²) in [5.74, 6) is 1.72. The summed E-state index contributed by atoms with van der Waals surface area (Å²) in [6, 6.07) is 3.99. The van der Waals surface area contributed by atoms with Crippen LogP contribution in [0.2, 0.25) is 0 Å². The van der Waals surface area contributed by atoms with Crippen molar-refractivity contribution < 1.29 is 0 Å². The van der Waals surface area contributed by atoms with E-state index in [1.807, 2.05) is 19.2 Å². The molecule has 0 bridgehead atoms. The second-order valence-corrected chi connectivity index (χ2v) is 6.96. The number of aromatic amines is 1. The highest BCUT2D eigenvalue weighted by Gasteiger charge is 2.32. The largest absolute Gasteiger partial charge is 0.320 e. The lowest BCUT2D eigenvalue weighted by Gasteiger charge is -2.32. The molecule has 0 radical (unpaired) electrons. The summed E-state index contributed by atoms with van der Waals surface area (Å²) in [7, 11) is 0. The Morgan fingerprint density at radius 3 is 2.91 bits per heavy atom. The minimum atomic E-state index is 0.0117. The molecule has 1 atom stereocenters. The lowest BCUT2D eigenvalue weighted by molar-refractivity contribution is 0.223. The van der Waals surface area contributed by atoms with E-state index in [2.05, 4.69) is 26.3 Å². The molecule has 2 fully saturated rings. The number of aryl methyl sites for hydroxylation is 1. The number of aromatic nitrogens is 2. The maximum atomic E-state index is 12.0. The van der Waals surface area contributed by atoms with Crippen LogP contribution >= 0.6 is 0 Å². The molecule has 5 nitrogen and oxygen atoms in total. The van der Waals surface area contributed by atoms with Crippen LogP contribution in [0, 0.1) is 11.8 Å². The van der Waals surface area contributed by atoms with E-state index in [0.717, 1.165) is 41.4 Å². The number of pyridine rings is 2. The molecule has 0 aliphatic carbocycles. The summed E-state index contributed by atoms with van der Waals surface area (Å²) in [6.07, 6.45) is 4.00. The Morgan fingerprint density at radius 1 is 1.30 bits per heavy atom. The molecule has 4 rings (SSSR count). The van der Waals surface area contributed by atoms with Crippen molar-refractivity contribution in [2.45, 2.75) is 26.3 Å². The Labute approximate surface area is 136 Å². The molecular weight excluding hydrogens is 288 g/mol. The monoisotopic (exact) mass is 312 g/mol. The minimum absolute atomic E-state index is 0.0117. The summed E-state index contributed by atoms with van der Waals surface area (Å²) in [4.78, 5) is 22.0. The molecule has 4 heterocycles. The van der Waals surface area contributed by atoms with Gasteiger partial charge in [0.1, 0.15) is 0 Å². The topological polar surface area (TPSA) is 61.0 Å². The van der Waals surface area contributed by atoms with Crippen LogP contribution in [0.4, 0.5) is 0 Å². The molecule has 23 heavy (non-hydrogen) atoms. The van der Waals surface area contributed by atoms with Gasteiger partial charge >= 0.3 is 0 Å². The maximum Gasteiger partial charge on any atom is 0.251 e. The number of hydrogen-bond donors (Lipinski definition) is 2. The second-order valence-electron chi connectivity index (χ2n) is 6.96. The highest BCUT2D eigenvalue weighted by Crippen LogP contribution is 2.27. The molecule has 5 heteroatoms. The van der Waals surface area contributed by atoms with Crippen molar-refractivity contribution in [2.24, 2.45) is 11.8 Å². The number of fused-ring (bicyclic) bond motifs is 1. The van der Waals surface area contributed by atoms with Crippen LogP contribution < -0.4 is 10.9 Å². The SMILES string of the molecule is CCc1cc2ncc(CN3CCC(C4CNC4)C3)cc2[nH]c1=O. The zero-order valence-corrected chi connectivity index (χ0v) is 13.6. The summed E-state index contributed by atoms with van der Waals surface area (Å²) < 4.78 is 0. The van der Waals surface area contributed by atoms with Crippen molar-refractivity contribution in [3.63, 3.8) is 0 Å². The minimum Gasteiger partial charge on any atom is -0.320 e. The number of nitrogens with one attached hydrogen (secondary N) is 2. The van der Waals surface area contributed by atoms with Crippen molar-refractivity contribution >= 4 is 11.0 Å². The lowest BCUT2D eigenvalue weighted by atomic mass is 9.87. The van der Waals surface area contributed by atoms with Gasteiger partial charge in [-0.3, -0.25) is 14.7 Å². The van der Waals surface area contributed by atoms with Crippen molar-refractivity contribution in [1.82, 2.24) is 20.2 Å². The Balaban J connectivity index is 1.50. The van der Waals surface area contributed by atoms with E-state index in [0.29, 0.717) is 0 Å². The summed E-state index contributed by atoms with van der Waals surface area (Å²) in [6.45, 7) is 7.66. The fourth-order valence-corrected chi connectivity index (χ4v) is 3.81. The van der Waals surface area contributed by atoms with Crippen LogP contribution in [0.3, 0.4) is 0 Å². The predicted octanol–water partition coefficient (Wildman–Crippen LogP) is 1.53. The number of nitrogens with zero attached hydrogens (tertiary/aromatic N) is 2. The summed E-state index contributed by atoms with van der Waals surface area (Å²) in [5, 5.41) is 3.38. The number of H-pyrrole nitrogens is 1. The van der Waals surface area contributed by atoms with Crippen LogP contribution in [0.5, 0.6) is 0 Å². The van der Waals surface area contributed by atoms with E-state index >= 15 is 0 Å². The van der Waals surface area contributed by atoms with Crippen LogP contribution in [0.25, 0.3) is 11.0 Å². The van der Waals surface area contributed by atoms with E-state index in [4.69, 9.17) is 0 Å². The van der Waals surface area contributed by atoms with E-state index in [9.17, 15) is 4.79 Å². The summed E-state index contributed by atoms with van der Waals surface area (Å²) in [5.41, 5.74) is 3.73. The highest BCUT2D eigenvalue weighted by atomic mass is 16.1. The van der Waals surface area contributed by atoms with Crippen molar-refractivity contribution in [2.75, 3.05) is 26.2 Å². The normalized spacial score (nSPS) is 22.6. The van der Waals surface area contributed by atoms with E-state index in [1.54, 1.807) is 0 Å². The van der Waals surface area contributed by atoms with Gasteiger partial charge in [0.2, 0.25) is 0 Å². The third-order valence-electron chi connectivity index (χ3n) is 5.40. The molecule has 0 saturated carbocycles. The van der Waals surface area contributed by atoms with Crippen LogP contribution in [0.15, 0.2) is 23.1 Å². The third kappa shape index (κ3) is 2.91. The summed E-state index contributed by atoms with van der Waals surface area (Å²) >= 11 is 0. The average molecular weight is 312 g/mol. The molecule has 1 unspecified atom stereocenters. The zero-order valence-electron chi connectivity index (χ0n) is 13.6. The molecule has 2 N–H and O–H groups in total. The van der Waals surface area contributed by atoms with Crippen LogP contribution in [-0.4, -0.2) is 41.0 Å². The van der Waals surface area contributed by atoms with Crippen molar-refractivity contribution in [3.8, 4) is 0 Å². The molecule has 0 aromatic carbocycles. The van der Waals surface area contributed by atoms with E-state index < -0.39 is 0 Å². The Morgan fingerprint density at radius 2 is 2.17 bits per heavy atom. The Bertz CT molecular complexity index is 765. The number of likely N-dealkylation sites (tertiary alicyclic amines) is 1. The van der Waals surface area contributed by atoms with Gasteiger partial charge in [-0.15, -0.1) is 0 Å². The van der Waals surface area contributed by atoms with Gasteiger partial charge in [-0.2, -0.15) is 0 Å². The lowest BCUT2D eigenvalue weighted by Crippen LogP contribution is -2.46. The van der Waals surface area contributed by atoms with Crippen LogP contribution in [0.1, 0.15) is 24.5 Å². The molecule has 2 aromatic heterocycles. The maximum absolute atomic E-state index is 12.0. The fourth-order valence-electron chi connectivity index (χ4n) is 3.81.